The van der Waals surface area contributed by atoms with E-state index >= 15 is 0 Å². The molecule has 0 unspecified atom stereocenters. The molecule has 168 valence electrons. The van der Waals surface area contributed by atoms with Crippen molar-refractivity contribution in [3.05, 3.63) is 126 Å². The molecule has 6 rings (SSSR count). The Balaban J connectivity index is 1.63. The molecule has 0 radical (unpaired) electrons. The summed E-state index contributed by atoms with van der Waals surface area (Å²) in [4.78, 5) is 19.6. The van der Waals surface area contributed by atoms with Gasteiger partial charge in [-0.15, -0.1) is 0 Å². The van der Waals surface area contributed by atoms with E-state index in [-0.39, 0.29) is 11.6 Å². The minimum atomic E-state index is -0.200. The van der Waals surface area contributed by atoms with Gasteiger partial charge in [0.1, 0.15) is 5.75 Å². The second-order valence-electron chi connectivity index (χ2n) is 8.80. The monoisotopic (exact) mass is 464 g/mol. The summed E-state index contributed by atoms with van der Waals surface area (Å²) in [5, 5.41) is 0. The van der Waals surface area contributed by atoms with E-state index in [0.29, 0.717) is 4.53 Å². The Morgan fingerprint density at radius 1 is 1.03 bits per heavy atom. The zero-order valence-corrected chi connectivity index (χ0v) is 19.9. The molecule has 1 aliphatic heterocycles. The smallest absolute Gasteiger partial charge is 0.271 e. The molecule has 0 spiro atoms. The molecule has 1 aromatic heterocycles. The van der Waals surface area contributed by atoms with Crippen molar-refractivity contribution >= 4 is 23.1 Å². The van der Waals surface area contributed by atoms with Crippen LogP contribution in [0.4, 0.5) is 0 Å². The number of nitrogens with zero attached hydrogens (tertiary/aromatic N) is 2. The van der Waals surface area contributed by atoms with Crippen LogP contribution in [0.2, 0.25) is 0 Å². The number of methoxy groups -OCH3 is 1. The first-order valence-electron chi connectivity index (χ1n) is 11.5. The molecule has 2 heterocycles. The molecular formula is C29H24N2O2S. The van der Waals surface area contributed by atoms with Crippen molar-refractivity contribution in [2.24, 2.45) is 4.99 Å². The number of ether oxygens (including phenoxy) is 1. The Morgan fingerprint density at radius 3 is 2.74 bits per heavy atom. The Morgan fingerprint density at radius 2 is 1.88 bits per heavy atom. The van der Waals surface area contributed by atoms with Gasteiger partial charge in [-0.3, -0.25) is 9.36 Å². The largest absolute Gasteiger partial charge is 0.497 e. The van der Waals surface area contributed by atoms with Gasteiger partial charge < -0.3 is 4.74 Å². The number of thiazole rings is 1. The van der Waals surface area contributed by atoms with E-state index in [4.69, 9.17) is 9.73 Å². The highest BCUT2D eigenvalue weighted by atomic mass is 32.1. The molecule has 2 aliphatic rings. The first-order chi connectivity index (χ1) is 16.6. The molecule has 1 atom stereocenters. The Kier molecular flexibility index (Phi) is 5.07. The van der Waals surface area contributed by atoms with Crippen LogP contribution in [0, 0.1) is 6.92 Å². The molecule has 3 aromatic carbocycles. The molecule has 5 heteroatoms. The van der Waals surface area contributed by atoms with E-state index in [1.807, 2.05) is 41.0 Å². The van der Waals surface area contributed by atoms with Crippen LogP contribution in [0.25, 0.3) is 11.8 Å². The number of hydrogen-bond donors (Lipinski definition) is 0. The Bertz CT molecular complexity index is 1640. The Labute approximate surface area is 201 Å². The van der Waals surface area contributed by atoms with Crippen molar-refractivity contribution in [3.63, 3.8) is 0 Å². The third-order valence-electron chi connectivity index (χ3n) is 6.62. The van der Waals surface area contributed by atoms with Crippen LogP contribution in [0.15, 0.2) is 88.2 Å². The molecule has 0 saturated heterocycles. The second kappa shape index (κ2) is 8.26. The number of aromatic nitrogens is 1. The lowest BCUT2D eigenvalue weighted by Gasteiger charge is -2.31. The maximum atomic E-state index is 13.8. The number of rotatable bonds is 3. The quantitative estimate of drug-likeness (QED) is 0.444. The highest BCUT2D eigenvalue weighted by molar-refractivity contribution is 7.07. The van der Waals surface area contributed by atoms with Crippen molar-refractivity contribution in [2.75, 3.05) is 7.11 Å². The average Bonchev–Trinajstić information content (AvgIpc) is 3.17. The number of allylic oxidation sites excluding steroid dienone is 1. The highest BCUT2D eigenvalue weighted by Crippen LogP contribution is 2.41. The van der Waals surface area contributed by atoms with Crippen LogP contribution in [-0.2, 0) is 6.42 Å². The second-order valence-corrected chi connectivity index (χ2v) is 9.81. The highest BCUT2D eigenvalue weighted by Gasteiger charge is 2.32. The predicted molar refractivity (Wildman–Crippen MR) is 137 cm³/mol. The van der Waals surface area contributed by atoms with Crippen molar-refractivity contribution < 1.29 is 4.74 Å². The predicted octanol–water partition coefficient (Wildman–Crippen LogP) is 4.64. The van der Waals surface area contributed by atoms with Crippen LogP contribution in [0.5, 0.6) is 5.75 Å². The molecular weight excluding hydrogens is 440 g/mol. The van der Waals surface area contributed by atoms with Crippen molar-refractivity contribution in [3.8, 4) is 5.75 Å². The maximum absolute atomic E-state index is 13.8. The lowest BCUT2D eigenvalue weighted by molar-refractivity contribution is 0.413. The molecule has 1 aliphatic carbocycles. The summed E-state index contributed by atoms with van der Waals surface area (Å²) in [6.45, 7) is 2.06. The van der Waals surface area contributed by atoms with Crippen LogP contribution >= 0.6 is 11.3 Å². The van der Waals surface area contributed by atoms with Gasteiger partial charge in [0.15, 0.2) is 4.80 Å². The molecule has 4 nitrogen and oxygen atoms in total. The molecule has 4 aromatic rings. The van der Waals surface area contributed by atoms with Gasteiger partial charge in [0, 0.05) is 5.56 Å². The van der Waals surface area contributed by atoms with Crippen molar-refractivity contribution in [2.45, 2.75) is 25.8 Å². The summed E-state index contributed by atoms with van der Waals surface area (Å²) < 4.78 is 8.10. The lowest BCUT2D eigenvalue weighted by Crippen LogP contribution is -2.38. The Hall–Kier alpha value is -3.70. The minimum Gasteiger partial charge on any atom is -0.497 e. The van der Waals surface area contributed by atoms with Crippen LogP contribution < -0.4 is 19.6 Å². The fourth-order valence-corrected chi connectivity index (χ4v) is 6.05. The zero-order chi connectivity index (χ0) is 23.2. The van der Waals surface area contributed by atoms with E-state index in [0.717, 1.165) is 40.2 Å². The van der Waals surface area contributed by atoms with Crippen LogP contribution in [0.1, 0.15) is 40.3 Å². The van der Waals surface area contributed by atoms with Crippen LogP contribution in [-0.4, -0.2) is 11.7 Å². The van der Waals surface area contributed by atoms with E-state index < -0.39 is 0 Å². The first-order valence-corrected chi connectivity index (χ1v) is 12.3. The third kappa shape index (κ3) is 3.44. The lowest BCUT2D eigenvalue weighted by atomic mass is 9.83. The fourth-order valence-electron chi connectivity index (χ4n) is 5.05. The minimum absolute atomic E-state index is 0.00323. The van der Waals surface area contributed by atoms with Gasteiger partial charge in [-0.2, -0.15) is 0 Å². The molecule has 0 fully saturated rings. The van der Waals surface area contributed by atoms with E-state index in [9.17, 15) is 4.79 Å². The number of fused-ring (bicyclic) bond motifs is 3. The molecule has 0 saturated carbocycles. The average molecular weight is 465 g/mol. The number of benzene rings is 3. The molecule has 34 heavy (non-hydrogen) atoms. The van der Waals surface area contributed by atoms with Gasteiger partial charge in [-0.05, 0) is 60.2 Å². The van der Waals surface area contributed by atoms with Gasteiger partial charge >= 0.3 is 0 Å². The van der Waals surface area contributed by atoms with E-state index in [1.54, 1.807) is 7.11 Å². The molecule has 0 bridgehead atoms. The van der Waals surface area contributed by atoms with E-state index in [1.165, 1.54) is 33.6 Å². The van der Waals surface area contributed by atoms with Crippen LogP contribution in [0.3, 0.4) is 0 Å². The number of hydrogen-bond acceptors (Lipinski definition) is 4. The van der Waals surface area contributed by atoms with Gasteiger partial charge in [0.25, 0.3) is 5.56 Å². The van der Waals surface area contributed by atoms with Gasteiger partial charge in [-0.1, -0.05) is 77.6 Å². The third-order valence-corrected chi connectivity index (χ3v) is 7.61. The SMILES string of the molecule is COc1cccc([C@H]2C3=C(N=c4s/c(=C\c5cccc(C)c5)c(=O)n42)c2ccccc2CC3)c1. The summed E-state index contributed by atoms with van der Waals surface area (Å²) in [6.07, 6.45) is 3.80. The summed E-state index contributed by atoms with van der Waals surface area (Å²) >= 11 is 1.46. The molecule has 0 amide bonds. The fraction of sp³-hybridized carbons (Fsp3) is 0.172. The summed E-state index contributed by atoms with van der Waals surface area (Å²) in [5.41, 5.74) is 7.94. The first kappa shape index (κ1) is 20.9. The van der Waals surface area contributed by atoms with E-state index in [2.05, 4.69) is 49.4 Å². The van der Waals surface area contributed by atoms with Gasteiger partial charge in [0.05, 0.1) is 23.4 Å². The standard InChI is InChI=1S/C29H24N2O2S/c1-18-7-5-8-19(15-18)16-25-28(32)31-27(21-10-6-11-22(17-21)33-2)24-14-13-20-9-3-4-12-23(20)26(24)30-29(31)34-25/h3-12,15-17,27H,13-14H2,1-2H3/b25-16-/t27-/m0/s1. The summed E-state index contributed by atoms with van der Waals surface area (Å²) in [7, 11) is 1.67. The topological polar surface area (TPSA) is 43.6 Å². The van der Waals surface area contributed by atoms with Crippen molar-refractivity contribution in [1.82, 2.24) is 4.57 Å². The maximum Gasteiger partial charge on any atom is 0.271 e. The summed E-state index contributed by atoms with van der Waals surface area (Å²) in [5.74, 6) is 0.787. The zero-order valence-electron chi connectivity index (χ0n) is 19.1. The molecule has 0 N–H and O–H groups in total. The van der Waals surface area contributed by atoms with Crippen molar-refractivity contribution in [1.29, 1.82) is 0 Å². The summed E-state index contributed by atoms with van der Waals surface area (Å²) in [6, 6.07) is 24.6. The van der Waals surface area contributed by atoms with Gasteiger partial charge in [0.2, 0.25) is 0 Å². The number of aryl methyl sites for hydroxylation is 2. The van der Waals surface area contributed by atoms with Gasteiger partial charge in [-0.25, -0.2) is 4.99 Å². The normalized spacial score (nSPS) is 17.0.